The molecule has 9 heteroatoms. The molecule has 0 bridgehead atoms. The molecule has 1 fully saturated rings. The van der Waals surface area contributed by atoms with Crippen molar-refractivity contribution in [2.75, 3.05) is 44.7 Å². The zero-order valence-corrected chi connectivity index (χ0v) is 23.6. The van der Waals surface area contributed by atoms with E-state index >= 15 is 0 Å². The third-order valence-corrected chi connectivity index (χ3v) is 8.46. The molecule has 6 rings (SSSR count). The highest BCUT2D eigenvalue weighted by Gasteiger charge is 2.32. The summed E-state index contributed by atoms with van der Waals surface area (Å²) in [6, 6.07) is 21.1. The number of likely N-dealkylation sites (tertiary alicyclic amines) is 1. The number of nitrogens with zero attached hydrogens (tertiary/aromatic N) is 3. The number of hydrogen-bond acceptors (Lipinski definition) is 5. The maximum atomic E-state index is 13.7. The van der Waals surface area contributed by atoms with Crippen LogP contribution in [0.3, 0.4) is 0 Å². The van der Waals surface area contributed by atoms with Gasteiger partial charge in [-0.2, -0.15) is 0 Å². The Kier molecular flexibility index (Phi) is 7.45. The van der Waals surface area contributed by atoms with Crippen LogP contribution in [-0.2, 0) is 9.59 Å². The molecule has 3 aromatic carbocycles. The Morgan fingerprint density at radius 1 is 1.00 bits per heavy atom. The molecule has 1 saturated heterocycles. The van der Waals surface area contributed by atoms with E-state index in [1.807, 2.05) is 42.5 Å². The lowest BCUT2D eigenvalue weighted by Crippen LogP contribution is -2.47. The van der Waals surface area contributed by atoms with Crippen molar-refractivity contribution >= 4 is 51.7 Å². The Balaban J connectivity index is 1.25. The van der Waals surface area contributed by atoms with Crippen LogP contribution >= 0.6 is 23.2 Å². The highest BCUT2D eigenvalue weighted by Crippen LogP contribution is 2.39. The number of rotatable bonds is 7. The summed E-state index contributed by atoms with van der Waals surface area (Å²) in [6.45, 7) is 2.43. The Bertz CT molecular complexity index is 1530. The number of fused-ring (bicyclic) bond motifs is 2. The maximum absolute atomic E-state index is 13.7. The SMILES string of the molecule is CN(C(=O)CN1C(=O)COc2cc(Cl)c(Cl)cc21)C(CN1CCCC1)c1ccc(-c2cc3ccccc3o2)cc1. The minimum atomic E-state index is -0.307. The average Bonchev–Trinajstić information content (AvgIpc) is 3.64. The molecule has 3 heterocycles. The van der Waals surface area contributed by atoms with Crippen LogP contribution in [0.25, 0.3) is 22.3 Å². The molecule has 1 aromatic heterocycles. The monoisotopic (exact) mass is 577 g/mol. The summed E-state index contributed by atoms with van der Waals surface area (Å²) >= 11 is 12.4. The number of ether oxygens (including phenoxy) is 1. The summed E-state index contributed by atoms with van der Waals surface area (Å²) in [6.07, 6.45) is 2.30. The Morgan fingerprint density at radius 2 is 1.73 bits per heavy atom. The lowest BCUT2D eigenvalue weighted by Gasteiger charge is -2.35. The topological polar surface area (TPSA) is 66.2 Å². The molecular formula is C31H29Cl2N3O4. The molecule has 2 aliphatic heterocycles. The smallest absolute Gasteiger partial charge is 0.265 e. The predicted octanol–water partition coefficient (Wildman–Crippen LogP) is 6.43. The third kappa shape index (κ3) is 5.29. The maximum Gasteiger partial charge on any atom is 0.265 e. The lowest BCUT2D eigenvalue weighted by atomic mass is 10.0. The van der Waals surface area contributed by atoms with E-state index in [0.717, 1.165) is 53.8 Å². The second-order valence-electron chi connectivity index (χ2n) is 10.3. The second kappa shape index (κ2) is 11.2. The lowest BCUT2D eigenvalue weighted by molar-refractivity contribution is -0.133. The van der Waals surface area contributed by atoms with Crippen LogP contribution in [0, 0.1) is 0 Å². The number of para-hydroxylation sites is 1. The normalized spacial score (nSPS) is 16.2. The quantitative estimate of drug-likeness (QED) is 0.253. The van der Waals surface area contributed by atoms with E-state index in [2.05, 4.69) is 17.0 Å². The summed E-state index contributed by atoms with van der Waals surface area (Å²) in [4.78, 5) is 32.1. The molecule has 0 saturated carbocycles. The van der Waals surface area contributed by atoms with Gasteiger partial charge < -0.3 is 19.0 Å². The molecule has 0 N–H and O–H groups in total. The highest BCUT2D eigenvalue weighted by molar-refractivity contribution is 6.42. The molecule has 2 aliphatic rings. The first-order valence-electron chi connectivity index (χ1n) is 13.4. The first-order valence-corrected chi connectivity index (χ1v) is 14.1. The number of likely N-dealkylation sites (N-methyl/N-ethyl adjacent to an activating group) is 1. The van der Waals surface area contributed by atoms with E-state index in [1.54, 1.807) is 24.1 Å². The summed E-state index contributed by atoms with van der Waals surface area (Å²) in [5.41, 5.74) is 3.28. The Hall–Kier alpha value is -3.52. The summed E-state index contributed by atoms with van der Waals surface area (Å²) < 4.78 is 11.6. The van der Waals surface area contributed by atoms with Gasteiger partial charge in [-0.25, -0.2) is 0 Å². The van der Waals surface area contributed by atoms with Gasteiger partial charge in [-0.3, -0.25) is 14.5 Å². The van der Waals surface area contributed by atoms with Gasteiger partial charge in [0.05, 0.1) is 21.8 Å². The van der Waals surface area contributed by atoms with Crippen LogP contribution in [0.5, 0.6) is 5.75 Å². The van der Waals surface area contributed by atoms with Gasteiger partial charge in [0.1, 0.15) is 23.6 Å². The first-order chi connectivity index (χ1) is 19.4. The van der Waals surface area contributed by atoms with Gasteiger partial charge >= 0.3 is 0 Å². The largest absolute Gasteiger partial charge is 0.482 e. The van der Waals surface area contributed by atoms with Gasteiger partial charge in [-0.1, -0.05) is 65.7 Å². The second-order valence-corrected chi connectivity index (χ2v) is 11.1. The first kappa shape index (κ1) is 26.7. The van der Waals surface area contributed by atoms with Crippen LogP contribution < -0.4 is 9.64 Å². The van der Waals surface area contributed by atoms with Crippen molar-refractivity contribution < 1.29 is 18.7 Å². The van der Waals surface area contributed by atoms with Crippen LogP contribution in [0.1, 0.15) is 24.4 Å². The van der Waals surface area contributed by atoms with Gasteiger partial charge in [-0.05, 0) is 49.7 Å². The van der Waals surface area contributed by atoms with Crippen molar-refractivity contribution in [2.45, 2.75) is 18.9 Å². The molecule has 1 unspecified atom stereocenters. The van der Waals surface area contributed by atoms with E-state index in [9.17, 15) is 9.59 Å². The number of carbonyl (C=O) groups excluding carboxylic acids is 2. The fourth-order valence-electron chi connectivity index (χ4n) is 5.45. The van der Waals surface area contributed by atoms with Crippen molar-refractivity contribution in [1.82, 2.24) is 9.80 Å². The van der Waals surface area contributed by atoms with Crippen LogP contribution in [0.2, 0.25) is 10.0 Å². The van der Waals surface area contributed by atoms with E-state index in [1.165, 1.54) is 4.90 Å². The summed E-state index contributed by atoms with van der Waals surface area (Å²) in [5.74, 6) is 0.743. The summed E-state index contributed by atoms with van der Waals surface area (Å²) in [7, 11) is 1.80. The fraction of sp³-hybridized carbons (Fsp3) is 0.290. The Morgan fingerprint density at radius 3 is 2.48 bits per heavy atom. The third-order valence-electron chi connectivity index (χ3n) is 7.73. The molecular weight excluding hydrogens is 549 g/mol. The minimum Gasteiger partial charge on any atom is -0.482 e. The molecule has 2 amide bonds. The standard InChI is InChI=1S/C31H29Cl2N3O4/c1-34(30(37)18-36-25-15-23(32)24(33)16-29(25)39-19-31(36)38)26(17-35-12-4-5-13-35)20-8-10-21(11-9-20)28-14-22-6-2-3-7-27(22)40-28/h2-3,6-11,14-16,26H,4-5,12-13,17-19H2,1H3. The molecule has 7 nitrogen and oxygen atoms in total. The average molecular weight is 578 g/mol. The molecule has 4 aromatic rings. The van der Waals surface area contributed by atoms with Gasteiger partial charge in [0.2, 0.25) is 5.91 Å². The van der Waals surface area contributed by atoms with Crippen molar-refractivity contribution in [3.8, 4) is 17.1 Å². The van der Waals surface area contributed by atoms with Crippen LogP contribution in [0.4, 0.5) is 5.69 Å². The number of halogens is 2. The number of carbonyl (C=O) groups is 2. The Labute approximate surface area is 242 Å². The van der Waals surface area contributed by atoms with Gasteiger partial charge in [0.15, 0.2) is 6.61 Å². The number of furan rings is 1. The van der Waals surface area contributed by atoms with Crippen molar-refractivity contribution in [3.05, 3.63) is 82.3 Å². The van der Waals surface area contributed by atoms with Gasteiger partial charge in [-0.15, -0.1) is 0 Å². The van der Waals surface area contributed by atoms with Gasteiger partial charge in [0, 0.05) is 30.6 Å². The van der Waals surface area contributed by atoms with E-state index in [-0.39, 0.29) is 31.0 Å². The number of anilines is 1. The molecule has 0 radical (unpaired) electrons. The molecule has 40 heavy (non-hydrogen) atoms. The van der Waals surface area contributed by atoms with Crippen LogP contribution in [0.15, 0.2) is 71.1 Å². The highest BCUT2D eigenvalue weighted by atomic mass is 35.5. The van der Waals surface area contributed by atoms with Gasteiger partial charge in [0.25, 0.3) is 5.91 Å². The number of benzene rings is 3. The molecule has 0 aliphatic carbocycles. The molecule has 0 spiro atoms. The zero-order chi connectivity index (χ0) is 27.8. The molecule has 206 valence electrons. The van der Waals surface area contributed by atoms with E-state index in [0.29, 0.717) is 28.0 Å². The number of amides is 2. The zero-order valence-electron chi connectivity index (χ0n) is 22.1. The summed E-state index contributed by atoms with van der Waals surface area (Å²) in [5, 5.41) is 1.68. The fourth-order valence-corrected chi connectivity index (χ4v) is 5.76. The number of hydrogen-bond donors (Lipinski definition) is 0. The van der Waals surface area contributed by atoms with Crippen molar-refractivity contribution in [3.63, 3.8) is 0 Å². The van der Waals surface area contributed by atoms with E-state index < -0.39 is 0 Å². The van der Waals surface area contributed by atoms with Crippen molar-refractivity contribution in [1.29, 1.82) is 0 Å². The van der Waals surface area contributed by atoms with E-state index in [4.69, 9.17) is 32.4 Å². The predicted molar refractivity (Wildman–Crippen MR) is 157 cm³/mol. The van der Waals surface area contributed by atoms with Crippen molar-refractivity contribution in [2.24, 2.45) is 0 Å². The minimum absolute atomic E-state index is 0.128. The molecule has 1 atom stereocenters. The van der Waals surface area contributed by atoms with Crippen LogP contribution in [-0.4, -0.2) is 61.4 Å².